The first-order valence-corrected chi connectivity index (χ1v) is 6.07. The van der Waals surface area contributed by atoms with E-state index in [2.05, 4.69) is 15.7 Å². The quantitative estimate of drug-likeness (QED) is 0.760. The number of carbonyl (C=O) groups is 1. The summed E-state index contributed by atoms with van der Waals surface area (Å²) in [5.41, 5.74) is 0.444. The van der Waals surface area contributed by atoms with Crippen molar-refractivity contribution >= 4 is 11.7 Å². The predicted octanol–water partition coefficient (Wildman–Crippen LogP) is 1.43. The minimum absolute atomic E-state index is 0.0921. The summed E-state index contributed by atoms with van der Waals surface area (Å²) in [6.45, 7) is 8.52. The van der Waals surface area contributed by atoms with E-state index >= 15 is 0 Å². The van der Waals surface area contributed by atoms with Gasteiger partial charge in [0.05, 0.1) is 24.5 Å². The lowest BCUT2D eigenvalue weighted by molar-refractivity contribution is 0.162. The van der Waals surface area contributed by atoms with Gasteiger partial charge >= 0.3 is 6.03 Å². The first-order chi connectivity index (χ1) is 8.36. The first-order valence-electron chi connectivity index (χ1n) is 6.07. The molecule has 0 saturated heterocycles. The normalized spacial score (nSPS) is 13.2. The molecule has 6 heteroatoms. The number of aliphatic hydroxyl groups excluding tert-OH is 1. The fraction of sp³-hybridized carbons (Fsp3) is 0.667. The maximum atomic E-state index is 11.8. The first kappa shape index (κ1) is 14.5. The smallest absolute Gasteiger partial charge is 0.319 e. The molecule has 0 unspecified atom stereocenters. The number of nitrogens with one attached hydrogen (secondary N) is 2. The van der Waals surface area contributed by atoms with E-state index in [0.717, 1.165) is 6.54 Å². The van der Waals surface area contributed by atoms with Crippen molar-refractivity contribution in [3.8, 4) is 0 Å². The van der Waals surface area contributed by atoms with Crippen LogP contribution in [0.1, 0.15) is 27.7 Å². The van der Waals surface area contributed by atoms with Gasteiger partial charge in [-0.2, -0.15) is 5.10 Å². The second-order valence-electron chi connectivity index (χ2n) is 5.28. The monoisotopic (exact) mass is 254 g/mol. The van der Waals surface area contributed by atoms with Gasteiger partial charge in [0.15, 0.2) is 0 Å². The summed E-state index contributed by atoms with van der Waals surface area (Å²) in [5, 5.41) is 18.8. The van der Waals surface area contributed by atoms with E-state index in [4.69, 9.17) is 0 Å². The molecule has 1 heterocycles. The number of anilines is 1. The van der Waals surface area contributed by atoms with Crippen molar-refractivity contribution in [3.05, 3.63) is 12.4 Å². The van der Waals surface area contributed by atoms with Crippen molar-refractivity contribution in [3.63, 3.8) is 0 Å². The van der Waals surface area contributed by atoms with Crippen LogP contribution >= 0.6 is 0 Å². The highest BCUT2D eigenvalue weighted by Crippen LogP contribution is 2.18. The predicted molar refractivity (Wildman–Crippen MR) is 70.4 cm³/mol. The molecule has 6 nitrogen and oxygen atoms in total. The Morgan fingerprint density at radius 1 is 1.56 bits per heavy atom. The molecule has 0 saturated carbocycles. The lowest BCUT2D eigenvalue weighted by atomic mass is 9.87. The SMILES string of the molecule is CCn1cc(NC(=O)N[C@H](CO)C(C)(C)C)cn1. The van der Waals surface area contributed by atoms with Crippen LogP contribution in [0.25, 0.3) is 0 Å². The van der Waals surface area contributed by atoms with Crippen LogP contribution in [0.3, 0.4) is 0 Å². The summed E-state index contributed by atoms with van der Waals surface area (Å²) in [4.78, 5) is 11.8. The molecule has 0 spiro atoms. The molecule has 3 N–H and O–H groups in total. The maximum Gasteiger partial charge on any atom is 0.319 e. The van der Waals surface area contributed by atoms with Gasteiger partial charge in [-0.15, -0.1) is 0 Å². The summed E-state index contributed by atoms with van der Waals surface area (Å²) < 4.78 is 1.73. The molecule has 1 rings (SSSR count). The zero-order chi connectivity index (χ0) is 13.8. The Kier molecular flexibility index (Phi) is 4.72. The van der Waals surface area contributed by atoms with Gasteiger partial charge in [-0.3, -0.25) is 4.68 Å². The molecule has 0 bridgehead atoms. The summed E-state index contributed by atoms with van der Waals surface area (Å²) in [7, 11) is 0. The van der Waals surface area contributed by atoms with E-state index in [9.17, 15) is 9.90 Å². The lowest BCUT2D eigenvalue weighted by Gasteiger charge is -2.29. The number of aromatic nitrogens is 2. The van der Waals surface area contributed by atoms with Crippen molar-refractivity contribution in [2.24, 2.45) is 5.41 Å². The second kappa shape index (κ2) is 5.86. The van der Waals surface area contributed by atoms with Crippen LogP contribution in [-0.2, 0) is 6.54 Å². The van der Waals surface area contributed by atoms with Crippen molar-refractivity contribution in [2.75, 3.05) is 11.9 Å². The second-order valence-corrected chi connectivity index (χ2v) is 5.28. The molecule has 0 aromatic carbocycles. The summed E-state index contributed by atoms with van der Waals surface area (Å²) >= 11 is 0. The van der Waals surface area contributed by atoms with Crippen molar-refractivity contribution in [2.45, 2.75) is 40.3 Å². The summed E-state index contributed by atoms with van der Waals surface area (Å²) in [6, 6.07) is -0.627. The van der Waals surface area contributed by atoms with Gasteiger partial charge in [-0.05, 0) is 12.3 Å². The van der Waals surface area contributed by atoms with Crippen LogP contribution < -0.4 is 10.6 Å². The van der Waals surface area contributed by atoms with E-state index < -0.39 is 0 Å². The topological polar surface area (TPSA) is 79.2 Å². The van der Waals surface area contributed by atoms with Crippen LogP contribution in [0.15, 0.2) is 12.4 Å². The van der Waals surface area contributed by atoms with Crippen LogP contribution in [0.5, 0.6) is 0 Å². The average Bonchev–Trinajstić information content (AvgIpc) is 2.72. The molecule has 1 atom stereocenters. The molecule has 18 heavy (non-hydrogen) atoms. The van der Waals surface area contributed by atoms with E-state index in [1.807, 2.05) is 27.7 Å². The average molecular weight is 254 g/mol. The van der Waals surface area contributed by atoms with Crippen LogP contribution in [0, 0.1) is 5.41 Å². The van der Waals surface area contributed by atoms with Crippen LogP contribution in [0.2, 0.25) is 0 Å². The van der Waals surface area contributed by atoms with Gasteiger partial charge < -0.3 is 15.7 Å². The Morgan fingerprint density at radius 3 is 2.67 bits per heavy atom. The highest BCUT2D eigenvalue weighted by atomic mass is 16.3. The Morgan fingerprint density at radius 2 is 2.22 bits per heavy atom. The molecule has 102 valence electrons. The number of nitrogens with zero attached hydrogens (tertiary/aromatic N) is 2. The van der Waals surface area contributed by atoms with Gasteiger partial charge in [0, 0.05) is 12.7 Å². The number of urea groups is 1. The van der Waals surface area contributed by atoms with Crippen molar-refractivity contribution < 1.29 is 9.90 Å². The zero-order valence-electron chi connectivity index (χ0n) is 11.4. The van der Waals surface area contributed by atoms with Gasteiger partial charge in [0.25, 0.3) is 0 Å². The molecule has 1 aromatic rings. The number of rotatable bonds is 4. The van der Waals surface area contributed by atoms with Crippen molar-refractivity contribution in [1.82, 2.24) is 15.1 Å². The third-order valence-corrected chi connectivity index (χ3v) is 2.75. The fourth-order valence-corrected chi connectivity index (χ4v) is 1.46. The van der Waals surface area contributed by atoms with Gasteiger partial charge in [-0.25, -0.2) is 4.79 Å². The third-order valence-electron chi connectivity index (χ3n) is 2.75. The molecular formula is C12H22N4O2. The maximum absolute atomic E-state index is 11.8. The lowest BCUT2D eigenvalue weighted by Crippen LogP contribution is -2.47. The van der Waals surface area contributed by atoms with E-state index in [1.54, 1.807) is 17.1 Å². The molecule has 1 aromatic heterocycles. The molecule has 0 fully saturated rings. The summed E-state index contributed by atoms with van der Waals surface area (Å²) in [5.74, 6) is 0. The zero-order valence-corrected chi connectivity index (χ0v) is 11.4. The fourth-order valence-electron chi connectivity index (χ4n) is 1.46. The number of amides is 2. The van der Waals surface area contributed by atoms with E-state index in [1.165, 1.54) is 0 Å². The van der Waals surface area contributed by atoms with Gasteiger partial charge in [0.1, 0.15) is 0 Å². The highest BCUT2D eigenvalue weighted by molar-refractivity contribution is 5.89. The van der Waals surface area contributed by atoms with E-state index in [0.29, 0.717) is 5.69 Å². The number of hydrogen-bond acceptors (Lipinski definition) is 3. The molecule has 0 aliphatic heterocycles. The van der Waals surface area contributed by atoms with Crippen LogP contribution in [-0.4, -0.2) is 33.6 Å². The molecule has 2 amide bonds. The number of aliphatic hydroxyl groups is 1. The Bertz CT molecular complexity index is 395. The Balaban J connectivity index is 2.55. The Hall–Kier alpha value is -1.56. The molecule has 0 aliphatic rings. The number of aryl methyl sites for hydroxylation is 1. The largest absolute Gasteiger partial charge is 0.394 e. The molecule has 0 radical (unpaired) electrons. The minimum Gasteiger partial charge on any atom is -0.394 e. The van der Waals surface area contributed by atoms with Gasteiger partial charge in [0.2, 0.25) is 0 Å². The standard InChI is InChI=1S/C12H22N4O2/c1-5-16-7-9(6-13-16)14-11(18)15-10(8-17)12(2,3)4/h6-7,10,17H,5,8H2,1-4H3,(H2,14,15,18)/t10-/m1/s1. The molecule has 0 aliphatic carbocycles. The van der Waals surface area contributed by atoms with Gasteiger partial charge in [-0.1, -0.05) is 20.8 Å². The van der Waals surface area contributed by atoms with Crippen molar-refractivity contribution in [1.29, 1.82) is 0 Å². The third kappa shape index (κ3) is 4.03. The van der Waals surface area contributed by atoms with E-state index in [-0.39, 0.29) is 24.1 Å². The summed E-state index contributed by atoms with van der Waals surface area (Å²) in [6.07, 6.45) is 3.35. The Labute approximate surface area is 107 Å². The minimum atomic E-state index is -0.334. The number of carbonyl (C=O) groups excluding carboxylic acids is 1. The highest BCUT2D eigenvalue weighted by Gasteiger charge is 2.25. The van der Waals surface area contributed by atoms with Crippen LogP contribution in [0.4, 0.5) is 10.5 Å². The molecular weight excluding hydrogens is 232 g/mol. The number of hydrogen-bond donors (Lipinski definition) is 3.